The molecule has 4 aromatic rings. The van der Waals surface area contributed by atoms with Crippen LogP contribution in [0.2, 0.25) is 10.0 Å². The number of benzene rings is 2. The summed E-state index contributed by atoms with van der Waals surface area (Å²) in [6.45, 7) is 3.65. The number of carbonyl (C=O) groups is 1. The van der Waals surface area contributed by atoms with E-state index in [4.69, 9.17) is 23.2 Å². The Hall–Kier alpha value is -2.67. The van der Waals surface area contributed by atoms with Crippen LogP contribution in [0.5, 0.6) is 0 Å². The lowest BCUT2D eigenvalue weighted by Gasteiger charge is -2.16. The average molecular weight is 458 g/mol. The maximum Gasteiger partial charge on any atom is 0.263 e. The van der Waals surface area contributed by atoms with Gasteiger partial charge in [0.05, 0.1) is 22.4 Å². The topological polar surface area (TPSA) is 64.0 Å². The third kappa shape index (κ3) is 3.86. The van der Waals surface area contributed by atoms with Crippen LogP contribution in [-0.4, -0.2) is 15.5 Å². The second kappa shape index (κ2) is 8.22. The summed E-state index contributed by atoms with van der Waals surface area (Å²) in [6.07, 6.45) is 1.41. The molecular weight excluding hydrogens is 441 g/mol. The normalized spacial score (nSPS) is 12.1. The van der Waals surface area contributed by atoms with Crippen molar-refractivity contribution in [3.63, 3.8) is 0 Å². The monoisotopic (exact) mass is 457 g/mol. The molecule has 5 nitrogen and oxygen atoms in total. The third-order valence-corrected chi connectivity index (χ3v) is 6.32. The fourth-order valence-corrected chi connectivity index (χ4v) is 4.37. The number of hydrogen-bond donors (Lipinski definition) is 1. The smallest absolute Gasteiger partial charge is 0.263 e. The highest BCUT2D eigenvalue weighted by Gasteiger charge is 2.21. The summed E-state index contributed by atoms with van der Waals surface area (Å²) < 4.78 is 1.33. The number of halogens is 2. The van der Waals surface area contributed by atoms with Crippen molar-refractivity contribution in [1.29, 1.82) is 0 Å². The fourth-order valence-electron chi connectivity index (χ4n) is 3.12. The maximum atomic E-state index is 13.3. The zero-order valence-electron chi connectivity index (χ0n) is 16.1. The predicted octanol–water partition coefficient (Wildman–Crippen LogP) is 5.94. The molecule has 152 valence electrons. The lowest BCUT2D eigenvalue weighted by Crippen LogP contribution is -2.31. The Morgan fingerprint density at radius 1 is 1.17 bits per heavy atom. The molecule has 0 radical (unpaired) electrons. The lowest BCUT2D eigenvalue weighted by molar-refractivity contribution is -0.118. The SMILES string of the molecule is Cc1ccc(-c2csc3ncn(C(C)C(=O)Nc4cc(Cl)ccc4Cl)c(=O)c23)cc1. The van der Waals surface area contributed by atoms with Crippen LogP contribution in [0, 0.1) is 6.92 Å². The molecule has 0 saturated carbocycles. The van der Waals surface area contributed by atoms with E-state index in [0.717, 1.165) is 16.7 Å². The number of fused-ring (bicyclic) bond motifs is 1. The first kappa shape index (κ1) is 20.6. The summed E-state index contributed by atoms with van der Waals surface area (Å²) >= 11 is 13.5. The molecule has 0 fully saturated rings. The van der Waals surface area contributed by atoms with Gasteiger partial charge in [-0.05, 0) is 37.6 Å². The molecule has 2 aromatic carbocycles. The van der Waals surface area contributed by atoms with Crippen LogP contribution in [-0.2, 0) is 4.79 Å². The Bertz CT molecular complexity index is 1310. The highest BCUT2D eigenvalue weighted by molar-refractivity contribution is 7.17. The van der Waals surface area contributed by atoms with Gasteiger partial charge in [0.1, 0.15) is 10.9 Å². The van der Waals surface area contributed by atoms with Gasteiger partial charge in [0.25, 0.3) is 5.56 Å². The number of amides is 1. The van der Waals surface area contributed by atoms with Crippen molar-refractivity contribution in [1.82, 2.24) is 9.55 Å². The maximum absolute atomic E-state index is 13.3. The predicted molar refractivity (Wildman–Crippen MR) is 124 cm³/mol. The van der Waals surface area contributed by atoms with Gasteiger partial charge in [-0.2, -0.15) is 0 Å². The summed E-state index contributed by atoms with van der Waals surface area (Å²) in [4.78, 5) is 31.1. The molecule has 4 rings (SSSR count). The molecule has 1 atom stereocenters. The second-order valence-corrected chi connectivity index (χ2v) is 8.64. The molecular formula is C22H17Cl2N3O2S. The minimum Gasteiger partial charge on any atom is -0.323 e. The first-order valence-corrected chi connectivity index (χ1v) is 10.8. The van der Waals surface area contributed by atoms with Crippen molar-refractivity contribution in [3.8, 4) is 11.1 Å². The molecule has 0 aliphatic heterocycles. The summed E-state index contributed by atoms with van der Waals surface area (Å²) in [5.74, 6) is -0.394. The van der Waals surface area contributed by atoms with Gasteiger partial charge in [-0.1, -0.05) is 53.0 Å². The van der Waals surface area contributed by atoms with Gasteiger partial charge in [0.2, 0.25) is 5.91 Å². The molecule has 30 heavy (non-hydrogen) atoms. The summed E-state index contributed by atoms with van der Waals surface area (Å²) in [6, 6.07) is 12.0. The van der Waals surface area contributed by atoms with E-state index in [1.54, 1.807) is 25.1 Å². The van der Waals surface area contributed by atoms with E-state index >= 15 is 0 Å². The van der Waals surface area contributed by atoms with Crippen LogP contribution < -0.4 is 10.9 Å². The van der Waals surface area contributed by atoms with E-state index in [1.165, 1.54) is 22.2 Å². The second-order valence-electron chi connectivity index (χ2n) is 6.94. The van der Waals surface area contributed by atoms with E-state index in [0.29, 0.717) is 25.9 Å². The molecule has 0 spiro atoms. The van der Waals surface area contributed by atoms with Crippen molar-refractivity contribution in [3.05, 3.63) is 80.1 Å². The molecule has 0 aliphatic carbocycles. The molecule has 0 saturated heterocycles. The molecule has 1 unspecified atom stereocenters. The zero-order chi connectivity index (χ0) is 21.4. The molecule has 0 bridgehead atoms. The number of nitrogens with zero attached hydrogens (tertiary/aromatic N) is 2. The van der Waals surface area contributed by atoms with Gasteiger partial charge in [-0.25, -0.2) is 4.98 Å². The van der Waals surface area contributed by atoms with E-state index in [2.05, 4.69) is 10.3 Å². The molecule has 2 aromatic heterocycles. The molecule has 0 aliphatic rings. The van der Waals surface area contributed by atoms with Crippen LogP contribution in [0.4, 0.5) is 5.69 Å². The van der Waals surface area contributed by atoms with Crippen LogP contribution in [0.1, 0.15) is 18.5 Å². The van der Waals surface area contributed by atoms with Gasteiger partial charge >= 0.3 is 0 Å². The summed E-state index contributed by atoms with van der Waals surface area (Å²) in [5, 5.41) is 5.97. The molecule has 1 amide bonds. The number of aryl methyl sites for hydroxylation is 1. The minimum absolute atomic E-state index is 0.267. The number of carbonyl (C=O) groups excluding carboxylic acids is 1. The number of hydrogen-bond acceptors (Lipinski definition) is 4. The number of anilines is 1. The van der Waals surface area contributed by atoms with Gasteiger partial charge in [-0.15, -0.1) is 11.3 Å². The first-order chi connectivity index (χ1) is 14.3. The molecule has 2 heterocycles. The Morgan fingerprint density at radius 3 is 2.63 bits per heavy atom. The summed E-state index contributed by atoms with van der Waals surface area (Å²) in [7, 11) is 0. The Labute approximate surface area is 186 Å². The van der Waals surface area contributed by atoms with Gasteiger partial charge in [0, 0.05) is 16.0 Å². The van der Waals surface area contributed by atoms with Gasteiger partial charge < -0.3 is 5.32 Å². The Balaban J connectivity index is 1.72. The van der Waals surface area contributed by atoms with E-state index in [-0.39, 0.29) is 5.56 Å². The van der Waals surface area contributed by atoms with E-state index < -0.39 is 11.9 Å². The average Bonchev–Trinajstić information content (AvgIpc) is 3.16. The Morgan fingerprint density at radius 2 is 1.90 bits per heavy atom. The highest BCUT2D eigenvalue weighted by atomic mass is 35.5. The molecule has 1 N–H and O–H groups in total. The first-order valence-electron chi connectivity index (χ1n) is 9.16. The standard InChI is InChI=1S/C22H17Cl2N3O2S/c1-12-3-5-14(6-4-12)16-10-30-21-19(16)22(29)27(11-25-21)13(2)20(28)26-18-9-15(23)7-8-17(18)24/h3-11,13H,1-2H3,(H,26,28). The number of rotatable bonds is 4. The van der Waals surface area contributed by atoms with Crippen LogP contribution in [0.3, 0.4) is 0 Å². The minimum atomic E-state index is -0.796. The van der Waals surface area contributed by atoms with Gasteiger partial charge in [0.15, 0.2) is 0 Å². The van der Waals surface area contributed by atoms with Crippen LogP contribution in [0.15, 0.2) is 59.0 Å². The van der Waals surface area contributed by atoms with Crippen molar-refractivity contribution in [2.24, 2.45) is 0 Å². The molecule has 8 heteroatoms. The largest absolute Gasteiger partial charge is 0.323 e. The fraction of sp³-hybridized carbons (Fsp3) is 0.136. The van der Waals surface area contributed by atoms with Crippen molar-refractivity contribution in [2.45, 2.75) is 19.9 Å². The van der Waals surface area contributed by atoms with Crippen LogP contribution >= 0.6 is 34.5 Å². The van der Waals surface area contributed by atoms with E-state index in [9.17, 15) is 9.59 Å². The van der Waals surface area contributed by atoms with Crippen LogP contribution in [0.25, 0.3) is 21.3 Å². The van der Waals surface area contributed by atoms with Crippen molar-refractivity contribution in [2.75, 3.05) is 5.32 Å². The number of thiophene rings is 1. The summed E-state index contributed by atoms with van der Waals surface area (Å²) in [5.41, 5.74) is 3.01. The number of nitrogens with one attached hydrogen (secondary N) is 1. The lowest BCUT2D eigenvalue weighted by atomic mass is 10.0. The zero-order valence-corrected chi connectivity index (χ0v) is 18.5. The van der Waals surface area contributed by atoms with Gasteiger partial charge in [-0.3, -0.25) is 14.2 Å². The Kier molecular flexibility index (Phi) is 5.64. The number of aromatic nitrogens is 2. The third-order valence-electron chi connectivity index (χ3n) is 4.86. The van der Waals surface area contributed by atoms with Crippen molar-refractivity contribution >= 4 is 56.3 Å². The van der Waals surface area contributed by atoms with E-state index in [1.807, 2.05) is 36.6 Å². The highest BCUT2D eigenvalue weighted by Crippen LogP contribution is 2.31. The quantitative estimate of drug-likeness (QED) is 0.412. The van der Waals surface area contributed by atoms with Crippen molar-refractivity contribution < 1.29 is 4.79 Å².